The van der Waals surface area contributed by atoms with E-state index in [2.05, 4.69) is 6.92 Å². The summed E-state index contributed by atoms with van der Waals surface area (Å²) in [5.74, 6) is 0. The highest BCUT2D eigenvalue weighted by Crippen LogP contribution is 2.08. The van der Waals surface area contributed by atoms with Crippen LogP contribution in [-0.4, -0.2) is 17.6 Å². The Labute approximate surface area is 77.8 Å². The first kappa shape index (κ1) is 11.2. The van der Waals surface area contributed by atoms with E-state index in [9.17, 15) is 0 Å². The number of hydrogen-bond donors (Lipinski definition) is 0. The third-order valence-electron chi connectivity index (χ3n) is 0.970. The molecule has 0 N–H and O–H groups in total. The van der Waals surface area contributed by atoms with Crippen LogP contribution in [0.1, 0.15) is 26.7 Å². The van der Waals surface area contributed by atoms with E-state index in [0.29, 0.717) is 11.0 Å². The fraction of sp³-hybridized carbons (Fsp3) is 0.857. The molecule has 66 valence electrons. The minimum Gasteiger partial charge on any atom is -0.477 e. The smallest absolute Gasteiger partial charge is 0.247 e. The molecule has 0 aliphatic rings. The van der Waals surface area contributed by atoms with Crippen molar-refractivity contribution in [2.45, 2.75) is 26.7 Å². The van der Waals surface area contributed by atoms with E-state index < -0.39 is 0 Å². The van der Waals surface area contributed by atoms with E-state index in [1.54, 1.807) is 0 Å². The molecule has 0 saturated carbocycles. The second kappa shape index (κ2) is 8.30. The van der Waals surface area contributed by atoms with Crippen molar-refractivity contribution in [3.63, 3.8) is 0 Å². The molecule has 4 heteroatoms. The van der Waals surface area contributed by atoms with E-state index in [0.717, 1.165) is 31.5 Å². The fourth-order valence-electron chi connectivity index (χ4n) is 0.435. The fourth-order valence-corrected chi connectivity index (χ4v) is 1.16. The lowest BCUT2D eigenvalue weighted by Gasteiger charge is -2.02. The van der Waals surface area contributed by atoms with Gasteiger partial charge in [0.05, 0.1) is 25.3 Å². The molecule has 0 saturated heterocycles. The van der Waals surface area contributed by atoms with Gasteiger partial charge in [-0.05, 0) is 25.6 Å². The molecule has 0 heterocycles. The van der Waals surface area contributed by atoms with Gasteiger partial charge in [0.25, 0.3) is 0 Å². The average molecular weight is 194 g/mol. The molecular formula is C7H14O2S2. The Balaban J connectivity index is 3.04. The van der Waals surface area contributed by atoms with Gasteiger partial charge in [-0.25, -0.2) is 0 Å². The van der Waals surface area contributed by atoms with Gasteiger partial charge < -0.3 is 8.92 Å². The van der Waals surface area contributed by atoms with Gasteiger partial charge >= 0.3 is 0 Å². The van der Waals surface area contributed by atoms with E-state index >= 15 is 0 Å². The number of unbranched alkanes of at least 4 members (excludes halogenated alkanes) is 1. The monoisotopic (exact) mass is 194 g/mol. The molecule has 0 atom stereocenters. The lowest BCUT2D eigenvalue weighted by Crippen LogP contribution is -1.97. The van der Waals surface area contributed by atoms with Crippen LogP contribution in [0.4, 0.5) is 0 Å². The number of ether oxygens (including phenoxy) is 1. The van der Waals surface area contributed by atoms with Crippen molar-refractivity contribution in [1.29, 1.82) is 0 Å². The molecule has 0 unspecified atom stereocenters. The van der Waals surface area contributed by atoms with Gasteiger partial charge in [-0.15, -0.1) is 0 Å². The summed E-state index contributed by atoms with van der Waals surface area (Å²) in [5.41, 5.74) is 0. The Kier molecular flexibility index (Phi) is 8.45. The maximum atomic E-state index is 5.14. The summed E-state index contributed by atoms with van der Waals surface area (Å²) in [5, 5.41) is 0. The van der Waals surface area contributed by atoms with Crippen LogP contribution in [0.25, 0.3) is 0 Å². The Morgan fingerprint density at radius 3 is 2.73 bits per heavy atom. The molecule has 0 spiro atoms. The van der Waals surface area contributed by atoms with Crippen LogP contribution in [0.2, 0.25) is 0 Å². The van der Waals surface area contributed by atoms with Crippen molar-refractivity contribution in [3.8, 4) is 0 Å². The predicted octanol–water partition coefficient (Wildman–Crippen LogP) is 2.77. The van der Waals surface area contributed by atoms with Gasteiger partial charge in [-0.1, -0.05) is 13.3 Å². The lowest BCUT2D eigenvalue weighted by molar-refractivity contribution is 0.333. The summed E-state index contributed by atoms with van der Waals surface area (Å²) >= 11 is 5.97. The van der Waals surface area contributed by atoms with Crippen molar-refractivity contribution in [3.05, 3.63) is 0 Å². The molecule has 0 aliphatic heterocycles. The second-order valence-corrected chi connectivity index (χ2v) is 3.34. The Morgan fingerprint density at radius 2 is 2.18 bits per heavy atom. The molecule has 0 aliphatic carbocycles. The first-order chi connectivity index (χ1) is 5.31. The van der Waals surface area contributed by atoms with Crippen LogP contribution in [0.15, 0.2) is 0 Å². The third kappa shape index (κ3) is 8.10. The number of hydrogen-bond acceptors (Lipinski definition) is 4. The van der Waals surface area contributed by atoms with Gasteiger partial charge in [-0.2, -0.15) is 0 Å². The zero-order valence-corrected chi connectivity index (χ0v) is 8.59. The van der Waals surface area contributed by atoms with Gasteiger partial charge in [0.2, 0.25) is 4.38 Å². The first-order valence-electron chi connectivity index (χ1n) is 3.77. The zero-order valence-electron chi connectivity index (χ0n) is 6.96. The Morgan fingerprint density at radius 1 is 1.45 bits per heavy atom. The molecule has 0 aromatic rings. The SMILES string of the molecule is CCCCOSC(=S)OCC. The molecule has 0 aromatic carbocycles. The van der Waals surface area contributed by atoms with Crippen molar-refractivity contribution in [2.75, 3.05) is 13.2 Å². The van der Waals surface area contributed by atoms with Crippen molar-refractivity contribution < 1.29 is 8.92 Å². The lowest BCUT2D eigenvalue weighted by atomic mass is 10.4. The largest absolute Gasteiger partial charge is 0.477 e. The summed E-state index contributed by atoms with van der Waals surface area (Å²) < 4.78 is 10.6. The van der Waals surface area contributed by atoms with Crippen LogP contribution < -0.4 is 0 Å². The van der Waals surface area contributed by atoms with Crippen LogP contribution in [0.5, 0.6) is 0 Å². The standard InChI is InChI=1S/C7H14O2S2/c1-3-5-6-9-11-7(10)8-4-2/h3-6H2,1-2H3. The first-order valence-corrected chi connectivity index (χ1v) is 4.92. The van der Waals surface area contributed by atoms with Crippen LogP contribution in [0, 0.1) is 0 Å². The van der Waals surface area contributed by atoms with Gasteiger partial charge in [0, 0.05) is 0 Å². The van der Waals surface area contributed by atoms with E-state index in [1.165, 1.54) is 0 Å². The maximum Gasteiger partial charge on any atom is 0.247 e. The molecular weight excluding hydrogens is 180 g/mol. The molecule has 0 radical (unpaired) electrons. The Hall–Kier alpha value is 0.200. The number of thiocarbonyl (C=S) groups is 1. The molecule has 0 bridgehead atoms. The van der Waals surface area contributed by atoms with Crippen molar-refractivity contribution in [2.24, 2.45) is 0 Å². The molecule has 2 nitrogen and oxygen atoms in total. The third-order valence-corrected chi connectivity index (χ3v) is 1.83. The van der Waals surface area contributed by atoms with Crippen LogP contribution >= 0.6 is 24.3 Å². The van der Waals surface area contributed by atoms with Crippen LogP contribution in [-0.2, 0) is 8.92 Å². The summed E-state index contributed by atoms with van der Waals surface area (Å²) in [4.78, 5) is 0. The summed E-state index contributed by atoms with van der Waals surface area (Å²) in [6, 6.07) is 0. The molecule has 0 fully saturated rings. The van der Waals surface area contributed by atoms with E-state index in [-0.39, 0.29) is 0 Å². The molecule has 0 amide bonds. The Bertz CT molecular complexity index is 107. The highest BCUT2D eigenvalue weighted by atomic mass is 32.2. The molecule has 0 aromatic heterocycles. The van der Waals surface area contributed by atoms with E-state index in [4.69, 9.17) is 21.1 Å². The maximum absolute atomic E-state index is 5.14. The van der Waals surface area contributed by atoms with Gasteiger partial charge in [0.1, 0.15) is 0 Å². The van der Waals surface area contributed by atoms with Crippen molar-refractivity contribution >= 4 is 28.6 Å². The highest BCUT2D eigenvalue weighted by molar-refractivity contribution is 8.19. The summed E-state index contributed by atoms with van der Waals surface area (Å²) in [7, 11) is 0. The van der Waals surface area contributed by atoms with Gasteiger partial charge in [0.15, 0.2) is 0 Å². The van der Waals surface area contributed by atoms with Crippen molar-refractivity contribution in [1.82, 2.24) is 0 Å². The second-order valence-electron chi connectivity index (χ2n) is 1.94. The minimum absolute atomic E-state index is 0.476. The quantitative estimate of drug-likeness (QED) is 0.380. The van der Waals surface area contributed by atoms with Gasteiger partial charge in [-0.3, -0.25) is 0 Å². The zero-order chi connectivity index (χ0) is 8.53. The molecule has 11 heavy (non-hydrogen) atoms. The highest BCUT2D eigenvalue weighted by Gasteiger charge is 1.96. The average Bonchev–Trinajstić information content (AvgIpc) is 1.99. The van der Waals surface area contributed by atoms with E-state index in [1.807, 2.05) is 6.92 Å². The normalized spacial score (nSPS) is 9.64. The summed E-state index contributed by atoms with van der Waals surface area (Å²) in [6.45, 7) is 5.38. The van der Waals surface area contributed by atoms with Crippen LogP contribution in [0.3, 0.4) is 0 Å². The number of rotatable bonds is 5. The topological polar surface area (TPSA) is 18.5 Å². The minimum atomic E-state index is 0.476. The molecule has 0 rings (SSSR count). The summed E-state index contributed by atoms with van der Waals surface area (Å²) in [6.07, 6.45) is 2.21. The predicted molar refractivity (Wildman–Crippen MR) is 52.7 cm³/mol.